The van der Waals surface area contributed by atoms with Crippen molar-refractivity contribution in [3.05, 3.63) is 65.3 Å². The van der Waals surface area contributed by atoms with E-state index in [1.165, 1.54) is 23.5 Å². The molecule has 4 aromatic rings. The molecule has 3 aromatic heterocycles. The fourth-order valence-corrected chi connectivity index (χ4v) is 3.48. The lowest BCUT2D eigenvalue weighted by Gasteiger charge is -2.15. The summed E-state index contributed by atoms with van der Waals surface area (Å²) in [5.74, 6) is -0.528. The summed E-state index contributed by atoms with van der Waals surface area (Å²) in [5, 5.41) is 17.8. The topological polar surface area (TPSA) is 75.3 Å². The maximum Gasteiger partial charge on any atom is 0.214 e. The highest BCUT2D eigenvalue weighted by Crippen LogP contribution is 2.28. The van der Waals surface area contributed by atoms with Crippen molar-refractivity contribution in [2.75, 3.05) is 11.9 Å². The zero-order chi connectivity index (χ0) is 18.1. The second-order valence-corrected chi connectivity index (χ2v) is 6.92. The zero-order valence-electron chi connectivity index (χ0n) is 13.3. The van der Waals surface area contributed by atoms with Gasteiger partial charge >= 0.3 is 0 Å². The lowest BCUT2D eigenvalue weighted by molar-refractivity contribution is 0.276. The van der Waals surface area contributed by atoms with Crippen LogP contribution in [0.4, 0.5) is 9.52 Å². The smallest absolute Gasteiger partial charge is 0.214 e. The molecule has 0 bridgehead atoms. The number of rotatable bonds is 5. The number of benzene rings is 1. The highest BCUT2D eigenvalue weighted by Gasteiger charge is 2.16. The first-order valence-electron chi connectivity index (χ1n) is 7.73. The predicted octanol–water partition coefficient (Wildman–Crippen LogP) is 3.79. The van der Waals surface area contributed by atoms with E-state index < -0.39 is 11.9 Å². The molecule has 0 aliphatic heterocycles. The summed E-state index contributed by atoms with van der Waals surface area (Å²) < 4.78 is 15.3. The molecule has 2 N–H and O–H groups in total. The number of nitrogens with one attached hydrogen (secondary N) is 1. The molecule has 9 heteroatoms. The fourth-order valence-electron chi connectivity index (χ4n) is 2.52. The monoisotopic (exact) mass is 389 g/mol. The van der Waals surface area contributed by atoms with Gasteiger partial charge in [-0.05, 0) is 29.8 Å². The molecule has 4 rings (SSSR count). The Bertz CT molecular complexity index is 1020. The molecule has 0 fully saturated rings. The van der Waals surface area contributed by atoms with Crippen molar-refractivity contribution in [3.8, 4) is 11.3 Å². The van der Waals surface area contributed by atoms with Crippen LogP contribution < -0.4 is 5.32 Å². The molecule has 0 aliphatic rings. The quantitative estimate of drug-likeness (QED) is 0.543. The molecule has 0 radical (unpaired) electrons. The normalized spacial score (nSPS) is 12.4. The third-order valence-electron chi connectivity index (χ3n) is 3.83. The Labute approximate surface area is 156 Å². The molecular weight excluding hydrogens is 377 g/mol. The Balaban J connectivity index is 1.58. The van der Waals surface area contributed by atoms with Crippen molar-refractivity contribution in [3.63, 3.8) is 0 Å². The molecule has 132 valence electrons. The van der Waals surface area contributed by atoms with Crippen LogP contribution in [0.15, 0.2) is 48.9 Å². The first-order chi connectivity index (χ1) is 12.6. The molecule has 1 aromatic carbocycles. The van der Waals surface area contributed by atoms with Gasteiger partial charge in [-0.3, -0.25) is 4.98 Å². The number of anilines is 1. The predicted molar refractivity (Wildman–Crippen MR) is 99.0 cm³/mol. The van der Waals surface area contributed by atoms with Crippen LogP contribution in [0.3, 0.4) is 0 Å². The van der Waals surface area contributed by atoms with E-state index in [9.17, 15) is 9.50 Å². The van der Waals surface area contributed by atoms with Gasteiger partial charge in [0, 0.05) is 18.0 Å². The minimum atomic E-state index is -0.528. The van der Waals surface area contributed by atoms with Gasteiger partial charge in [-0.25, -0.2) is 13.9 Å². The Morgan fingerprint density at radius 2 is 2.23 bits per heavy atom. The van der Waals surface area contributed by atoms with E-state index in [-0.39, 0.29) is 11.6 Å². The molecule has 3 heterocycles. The number of imidazole rings is 1. The van der Waals surface area contributed by atoms with Crippen LogP contribution in [-0.4, -0.2) is 31.3 Å². The SMILES string of the molecule is OCC(Nc1nn2cc(-c3cccnc3)nc2s1)c1ccc(Cl)c(F)c1. The fraction of sp³-hybridized carbons (Fsp3) is 0.118. The number of aliphatic hydroxyl groups excluding tert-OH is 1. The van der Waals surface area contributed by atoms with Gasteiger partial charge in [-0.15, -0.1) is 5.10 Å². The van der Waals surface area contributed by atoms with Gasteiger partial charge in [0.1, 0.15) is 5.82 Å². The second-order valence-electron chi connectivity index (χ2n) is 5.56. The van der Waals surface area contributed by atoms with E-state index in [1.54, 1.807) is 23.0 Å². The molecule has 1 unspecified atom stereocenters. The average Bonchev–Trinajstić information content (AvgIpc) is 3.21. The van der Waals surface area contributed by atoms with Gasteiger partial charge in [0.15, 0.2) is 0 Å². The summed E-state index contributed by atoms with van der Waals surface area (Å²) in [6.07, 6.45) is 5.25. The lowest BCUT2D eigenvalue weighted by atomic mass is 10.1. The van der Waals surface area contributed by atoms with E-state index in [1.807, 2.05) is 18.3 Å². The maximum atomic E-state index is 13.7. The van der Waals surface area contributed by atoms with Crippen LogP contribution in [0.1, 0.15) is 11.6 Å². The largest absolute Gasteiger partial charge is 0.394 e. The zero-order valence-corrected chi connectivity index (χ0v) is 14.9. The van der Waals surface area contributed by atoms with Gasteiger partial charge in [0.2, 0.25) is 10.1 Å². The maximum absolute atomic E-state index is 13.7. The van der Waals surface area contributed by atoms with Gasteiger partial charge in [0.05, 0.1) is 29.6 Å². The summed E-state index contributed by atoms with van der Waals surface area (Å²) in [6.45, 7) is -0.218. The molecule has 0 saturated heterocycles. The van der Waals surface area contributed by atoms with E-state index in [4.69, 9.17) is 11.6 Å². The minimum Gasteiger partial charge on any atom is -0.394 e. The van der Waals surface area contributed by atoms with Crippen molar-refractivity contribution in [2.24, 2.45) is 0 Å². The van der Waals surface area contributed by atoms with Crippen LogP contribution in [0.25, 0.3) is 16.2 Å². The molecule has 26 heavy (non-hydrogen) atoms. The number of pyridine rings is 1. The summed E-state index contributed by atoms with van der Waals surface area (Å²) in [6, 6.07) is 7.70. The number of fused-ring (bicyclic) bond motifs is 1. The number of hydrogen-bond donors (Lipinski definition) is 2. The molecule has 0 saturated carbocycles. The summed E-state index contributed by atoms with van der Waals surface area (Å²) in [7, 11) is 0. The Kier molecular flexibility index (Phi) is 4.54. The lowest BCUT2D eigenvalue weighted by Crippen LogP contribution is -2.15. The van der Waals surface area contributed by atoms with Crippen LogP contribution >= 0.6 is 22.9 Å². The Morgan fingerprint density at radius 3 is 2.92 bits per heavy atom. The number of nitrogens with zero attached hydrogens (tertiary/aromatic N) is 4. The number of aliphatic hydroxyl groups is 1. The van der Waals surface area contributed by atoms with E-state index in [0.29, 0.717) is 15.7 Å². The number of halogens is 2. The van der Waals surface area contributed by atoms with E-state index >= 15 is 0 Å². The van der Waals surface area contributed by atoms with Crippen LogP contribution in [0.5, 0.6) is 0 Å². The van der Waals surface area contributed by atoms with E-state index in [0.717, 1.165) is 11.3 Å². The molecular formula is C17H13ClFN5OS. The molecule has 1 atom stereocenters. The van der Waals surface area contributed by atoms with Crippen molar-refractivity contribution in [1.29, 1.82) is 0 Å². The van der Waals surface area contributed by atoms with Crippen molar-refractivity contribution >= 4 is 33.0 Å². The van der Waals surface area contributed by atoms with E-state index in [2.05, 4.69) is 20.4 Å². The van der Waals surface area contributed by atoms with Gasteiger partial charge in [0.25, 0.3) is 0 Å². The second kappa shape index (κ2) is 6.99. The average molecular weight is 390 g/mol. The number of hydrogen-bond acceptors (Lipinski definition) is 6. The van der Waals surface area contributed by atoms with Crippen LogP contribution in [0, 0.1) is 5.82 Å². The Hall–Kier alpha value is -2.55. The van der Waals surface area contributed by atoms with Crippen molar-refractivity contribution in [1.82, 2.24) is 19.6 Å². The first-order valence-corrected chi connectivity index (χ1v) is 8.92. The van der Waals surface area contributed by atoms with Crippen LogP contribution in [0.2, 0.25) is 5.02 Å². The molecule has 0 amide bonds. The van der Waals surface area contributed by atoms with Crippen molar-refractivity contribution in [2.45, 2.75) is 6.04 Å². The molecule has 6 nitrogen and oxygen atoms in total. The van der Waals surface area contributed by atoms with Crippen LogP contribution in [-0.2, 0) is 0 Å². The van der Waals surface area contributed by atoms with Gasteiger partial charge < -0.3 is 10.4 Å². The molecule has 0 spiro atoms. The third-order valence-corrected chi connectivity index (χ3v) is 4.99. The standard InChI is InChI=1S/C17H13ClFN5OS/c18-12-4-3-10(6-13(12)19)15(9-25)21-16-23-24-8-14(22-17(24)26-16)11-2-1-5-20-7-11/h1-8,15,25H,9H2,(H,21,23). The van der Waals surface area contributed by atoms with Gasteiger partial charge in [-0.1, -0.05) is 29.0 Å². The Morgan fingerprint density at radius 1 is 1.35 bits per heavy atom. The first kappa shape index (κ1) is 16.9. The molecule has 0 aliphatic carbocycles. The van der Waals surface area contributed by atoms with Crippen molar-refractivity contribution < 1.29 is 9.50 Å². The summed E-state index contributed by atoms with van der Waals surface area (Å²) in [5.41, 5.74) is 2.27. The highest BCUT2D eigenvalue weighted by molar-refractivity contribution is 7.20. The summed E-state index contributed by atoms with van der Waals surface area (Å²) in [4.78, 5) is 9.32. The highest BCUT2D eigenvalue weighted by atomic mass is 35.5. The summed E-state index contributed by atoms with van der Waals surface area (Å²) >= 11 is 7.05. The number of aromatic nitrogens is 4. The third kappa shape index (κ3) is 3.26. The minimum absolute atomic E-state index is 0.0427. The van der Waals surface area contributed by atoms with Gasteiger partial charge in [-0.2, -0.15) is 0 Å².